The summed E-state index contributed by atoms with van der Waals surface area (Å²) in [5, 5.41) is 5.63. The van der Waals surface area contributed by atoms with Gasteiger partial charge in [-0.15, -0.1) is 36.2 Å². The van der Waals surface area contributed by atoms with Crippen molar-refractivity contribution in [3.05, 3.63) is 20.8 Å². The Bertz CT molecular complexity index is 356. The Morgan fingerprint density at radius 1 is 1.37 bits per heavy atom. The van der Waals surface area contributed by atoms with Gasteiger partial charge in [-0.25, -0.2) is 0 Å². The maximum absolute atomic E-state index is 3.70. The van der Waals surface area contributed by atoms with Gasteiger partial charge in [-0.05, 0) is 33.3 Å². The molecule has 1 aromatic rings. The van der Waals surface area contributed by atoms with Crippen molar-refractivity contribution in [2.45, 2.75) is 26.3 Å². The lowest BCUT2D eigenvalue weighted by molar-refractivity contribution is 0.130. The van der Waals surface area contributed by atoms with E-state index in [0.717, 1.165) is 13.1 Å². The van der Waals surface area contributed by atoms with Crippen molar-refractivity contribution in [2.75, 3.05) is 26.2 Å². The number of nitrogens with one attached hydrogen (secondary N) is 1. The summed E-state index contributed by atoms with van der Waals surface area (Å²) in [6.45, 7) is 9.24. The Hall–Kier alpha value is 0.680. The molecule has 1 saturated heterocycles. The average Bonchev–Trinajstić information content (AvgIpc) is 2.77. The van der Waals surface area contributed by atoms with Crippen LogP contribution >= 0.6 is 52.1 Å². The number of halogens is 3. The first kappa shape index (κ1) is 19.7. The van der Waals surface area contributed by atoms with Crippen LogP contribution in [-0.2, 0) is 0 Å². The van der Waals surface area contributed by atoms with Crippen LogP contribution in [-0.4, -0.2) is 31.1 Å². The van der Waals surface area contributed by atoms with E-state index in [1.165, 1.54) is 28.9 Å². The van der Waals surface area contributed by atoms with E-state index in [4.69, 9.17) is 0 Å². The number of thiophene rings is 1. The molecule has 2 rings (SSSR count). The molecule has 2 heterocycles. The van der Waals surface area contributed by atoms with Crippen molar-refractivity contribution in [3.8, 4) is 0 Å². The van der Waals surface area contributed by atoms with Crippen LogP contribution in [0.1, 0.15) is 31.2 Å². The molecule has 1 aromatic heterocycles. The normalized spacial score (nSPS) is 19.1. The maximum atomic E-state index is 3.70. The maximum Gasteiger partial charge on any atom is 0.0479 e. The van der Waals surface area contributed by atoms with E-state index in [9.17, 15) is 0 Å². The summed E-state index contributed by atoms with van der Waals surface area (Å²) in [6.07, 6.45) is 1.24. The molecule has 0 aliphatic carbocycles. The minimum atomic E-state index is 0. The molecular formula is C13H23BrCl2N2S. The first-order valence-corrected chi connectivity index (χ1v) is 8.09. The zero-order valence-electron chi connectivity index (χ0n) is 11.4. The second-order valence-electron chi connectivity index (χ2n) is 4.75. The highest BCUT2D eigenvalue weighted by Gasteiger charge is 2.28. The predicted molar refractivity (Wildman–Crippen MR) is 93.2 cm³/mol. The molecule has 6 heteroatoms. The summed E-state index contributed by atoms with van der Waals surface area (Å²) < 4.78 is 1.28. The lowest BCUT2D eigenvalue weighted by Crippen LogP contribution is -2.46. The molecule has 0 spiro atoms. The van der Waals surface area contributed by atoms with Crippen LogP contribution in [0, 0.1) is 5.92 Å². The van der Waals surface area contributed by atoms with Crippen LogP contribution in [0.25, 0.3) is 0 Å². The lowest BCUT2D eigenvalue weighted by Gasteiger charge is -2.37. The lowest BCUT2D eigenvalue weighted by atomic mass is 9.95. The molecule has 0 radical (unpaired) electrons. The van der Waals surface area contributed by atoms with Crippen LogP contribution < -0.4 is 5.32 Å². The number of piperazine rings is 1. The minimum Gasteiger partial charge on any atom is -0.314 e. The van der Waals surface area contributed by atoms with Gasteiger partial charge in [0.05, 0.1) is 0 Å². The van der Waals surface area contributed by atoms with E-state index >= 15 is 0 Å². The molecule has 2 nitrogen and oxygen atoms in total. The fourth-order valence-corrected chi connectivity index (χ4v) is 4.36. The summed E-state index contributed by atoms with van der Waals surface area (Å²) in [7, 11) is 0. The van der Waals surface area contributed by atoms with Gasteiger partial charge < -0.3 is 5.32 Å². The Labute approximate surface area is 141 Å². The number of hydrogen-bond donors (Lipinski definition) is 1. The Morgan fingerprint density at radius 2 is 2.00 bits per heavy atom. The highest BCUT2D eigenvalue weighted by atomic mass is 79.9. The Balaban J connectivity index is 0.00000162. The van der Waals surface area contributed by atoms with Gasteiger partial charge in [-0.2, -0.15) is 0 Å². The molecule has 1 aliphatic rings. The summed E-state index contributed by atoms with van der Waals surface area (Å²) in [5.74, 6) is 0.711. The first-order chi connectivity index (χ1) is 8.24. The fraction of sp³-hybridized carbons (Fsp3) is 0.692. The van der Waals surface area contributed by atoms with Gasteiger partial charge in [0.1, 0.15) is 0 Å². The number of nitrogens with zero attached hydrogens (tertiary/aromatic N) is 1. The Morgan fingerprint density at radius 3 is 2.47 bits per heavy atom. The molecule has 2 atom stereocenters. The van der Waals surface area contributed by atoms with Crippen molar-refractivity contribution in [1.82, 2.24) is 10.2 Å². The minimum absolute atomic E-state index is 0. The molecule has 0 saturated carbocycles. The first-order valence-electron chi connectivity index (χ1n) is 6.41. The summed E-state index contributed by atoms with van der Waals surface area (Å²) in [5.41, 5.74) is 0. The second-order valence-corrected chi connectivity index (χ2v) is 6.55. The molecule has 0 bridgehead atoms. The highest BCUT2D eigenvalue weighted by Crippen LogP contribution is 2.38. The summed E-state index contributed by atoms with van der Waals surface area (Å²) in [4.78, 5) is 4.14. The van der Waals surface area contributed by atoms with Crippen LogP contribution in [0.3, 0.4) is 0 Å². The standard InChI is InChI=1S/C13H21BrN2S.2ClH/c1-3-10(2)12(13-11(14)4-9-17-13)16-7-5-15-6-8-16;;/h4,9-10,12,15H,3,5-8H2,1-2H3;2*1H/t10?,12-;;/m1../s1. The molecule has 0 aromatic carbocycles. The quantitative estimate of drug-likeness (QED) is 0.823. The second kappa shape index (κ2) is 9.59. The van der Waals surface area contributed by atoms with Gasteiger partial charge in [-0.3, -0.25) is 4.90 Å². The van der Waals surface area contributed by atoms with Gasteiger partial charge >= 0.3 is 0 Å². The van der Waals surface area contributed by atoms with Gasteiger partial charge in [0, 0.05) is 41.6 Å². The van der Waals surface area contributed by atoms with Gasteiger partial charge in [0.15, 0.2) is 0 Å². The SMILES string of the molecule is CCC(C)[C@H](c1sccc1Br)N1CCNCC1.Cl.Cl. The number of hydrogen-bond acceptors (Lipinski definition) is 3. The van der Waals surface area contributed by atoms with Crippen LogP contribution in [0.4, 0.5) is 0 Å². The van der Waals surface area contributed by atoms with E-state index in [1.807, 2.05) is 11.3 Å². The van der Waals surface area contributed by atoms with E-state index < -0.39 is 0 Å². The van der Waals surface area contributed by atoms with Crippen LogP contribution in [0.2, 0.25) is 0 Å². The van der Waals surface area contributed by atoms with Crippen LogP contribution in [0.15, 0.2) is 15.9 Å². The molecule has 1 N–H and O–H groups in total. The molecule has 1 unspecified atom stereocenters. The van der Waals surface area contributed by atoms with E-state index in [2.05, 4.69) is 51.4 Å². The third-order valence-corrected chi connectivity index (χ3v) is 5.58. The third-order valence-electron chi connectivity index (χ3n) is 3.64. The zero-order valence-corrected chi connectivity index (χ0v) is 15.4. The Kier molecular flexibility index (Phi) is 9.93. The smallest absolute Gasteiger partial charge is 0.0479 e. The third kappa shape index (κ3) is 4.87. The van der Waals surface area contributed by atoms with E-state index in [1.54, 1.807) is 0 Å². The average molecular weight is 390 g/mol. The molecule has 0 amide bonds. The fourth-order valence-electron chi connectivity index (χ4n) is 2.48. The molecular weight excluding hydrogens is 367 g/mol. The highest BCUT2D eigenvalue weighted by molar-refractivity contribution is 9.10. The van der Waals surface area contributed by atoms with Crippen molar-refractivity contribution in [2.24, 2.45) is 5.92 Å². The summed E-state index contributed by atoms with van der Waals surface area (Å²) >= 11 is 5.59. The van der Waals surface area contributed by atoms with E-state index in [-0.39, 0.29) is 24.8 Å². The molecule has 112 valence electrons. The van der Waals surface area contributed by atoms with Crippen molar-refractivity contribution in [3.63, 3.8) is 0 Å². The number of rotatable bonds is 4. The van der Waals surface area contributed by atoms with Gasteiger partial charge in [-0.1, -0.05) is 20.3 Å². The molecule has 1 fully saturated rings. The molecule has 19 heavy (non-hydrogen) atoms. The summed E-state index contributed by atoms with van der Waals surface area (Å²) in [6, 6.07) is 2.76. The van der Waals surface area contributed by atoms with Crippen molar-refractivity contribution in [1.29, 1.82) is 0 Å². The van der Waals surface area contributed by atoms with E-state index in [0.29, 0.717) is 12.0 Å². The predicted octanol–water partition coefficient (Wildman–Crippen LogP) is 4.35. The topological polar surface area (TPSA) is 15.3 Å². The van der Waals surface area contributed by atoms with Crippen molar-refractivity contribution < 1.29 is 0 Å². The van der Waals surface area contributed by atoms with Crippen LogP contribution in [0.5, 0.6) is 0 Å². The zero-order chi connectivity index (χ0) is 12.3. The van der Waals surface area contributed by atoms with Gasteiger partial charge in [0.2, 0.25) is 0 Å². The largest absolute Gasteiger partial charge is 0.314 e. The van der Waals surface area contributed by atoms with Gasteiger partial charge in [0.25, 0.3) is 0 Å². The van der Waals surface area contributed by atoms with Crippen molar-refractivity contribution >= 4 is 52.1 Å². The monoisotopic (exact) mass is 388 g/mol. The molecule has 1 aliphatic heterocycles.